The summed E-state index contributed by atoms with van der Waals surface area (Å²) >= 11 is 0. The fraction of sp³-hybridized carbons (Fsp3) is 0.667. The van der Waals surface area contributed by atoms with Gasteiger partial charge in [-0.05, 0) is 83.3 Å². The van der Waals surface area contributed by atoms with Gasteiger partial charge >= 0.3 is 5.97 Å². The summed E-state index contributed by atoms with van der Waals surface area (Å²) in [7, 11) is 0. The zero-order valence-electron chi connectivity index (χ0n) is 22.8. The predicted molar refractivity (Wildman–Crippen MR) is 146 cm³/mol. The molecule has 4 fully saturated rings. The first-order valence-electron chi connectivity index (χ1n) is 14.5. The molecule has 3 heterocycles. The van der Waals surface area contributed by atoms with Crippen molar-refractivity contribution in [2.75, 3.05) is 0 Å². The molecule has 8 nitrogen and oxygen atoms in total. The highest BCUT2D eigenvalue weighted by Gasteiger charge is 2.51. The first-order chi connectivity index (χ1) is 18.2. The molecule has 38 heavy (non-hydrogen) atoms. The maximum atomic E-state index is 14.1. The van der Waals surface area contributed by atoms with Gasteiger partial charge in [-0.3, -0.25) is 9.69 Å². The lowest BCUT2D eigenvalue weighted by Crippen LogP contribution is -2.45. The van der Waals surface area contributed by atoms with E-state index in [-0.39, 0.29) is 17.3 Å². The zero-order chi connectivity index (χ0) is 26.6. The highest BCUT2D eigenvalue weighted by atomic mass is 16.7. The molecule has 2 unspecified atom stereocenters. The molecule has 2 saturated carbocycles. The van der Waals surface area contributed by atoms with Gasteiger partial charge in [-0.2, -0.15) is 0 Å². The van der Waals surface area contributed by atoms with E-state index in [1.165, 1.54) is 65.2 Å². The molecule has 4 bridgehead atoms. The Hall–Kier alpha value is -2.74. The van der Waals surface area contributed by atoms with Crippen LogP contribution < -0.4 is 5.56 Å². The smallest absolute Gasteiger partial charge is 0.350 e. The van der Waals surface area contributed by atoms with Crippen LogP contribution in [0.3, 0.4) is 0 Å². The second-order valence-electron chi connectivity index (χ2n) is 12.6. The van der Waals surface area contributed by atoms with E-state index in [9.17, 15) is 14.7 Å². The summed E-state index contributed by atoms with van der Waals surface area (Å²) in [5.74, 6) is 0.608. The zero-order valence-corrected chi connectivity index (χ0v) is 22.8. The molecule has 0 radical (unpaired) electrons. The van der Waals surface area contributed by atoms with E-state index in [4.69, 9.17) is 4.84 Å². The molecule has 1 aromatic carbocycles. The SMILES string of the molecule is C/C(=N\OC(C)(C)C(=O)O)c1nc2ccccc2n([C@@H]2C[C@@H]3CC[C@H]2N3C2CC3CCCCC(C3)C2)c1=O. The molecule has 2 aliphatic carbocycles. The van der Waals surface area contributed by atoms with Crippen LogP contribution in [0.4, 0.5) is 0 Å². The van der Waals surface area contributed by atoms with Gasteiger partial charge in [0.15, 0.2) is 5.69 Å². The van der Waals surface area contributed by atoms with Gasteiger partial charge in [-0.15, -0.1) is 0 Å². The average molecular weight is 521 g/mol. The Kier molecular flexibility index (Phi) is 6.57. The second-order valence-corrected chi connectivity index (χ2v) is 12.6. The number of carboxylic acids is 1. The Morgan fingerprint density at radius 3 is 2.42 bits per heavy atom. The van der Waals surface area contributed by atoms with Crippen LogP contribution in [-0.2, 0) is 9.63 Å². The Bertz CT molecular complexity index is 1300. The molecule has 6 rings (SSSR count). The van der Waals surface area contributed by atoms with Crippen molar-refractivity contribution >= 4 is 22.7 Å². The van der Waals surface area contributed by atoms with Crippen molar-refractivity contribution in [3.63, 3.8) is 0 Å². The number of nitrogens with zero attached hydrogens (tertiary/aromatic N) is 4. The lowest BCUT2D eigenvalue weighted by Gasteiger charge is -2.41. The number of hydrogen-bond donors (Lipinski definition) is 1. The summed E-state index contributed by atoms with van der Waals surface area (Å²) < 4.78 is 1.98. The van der Waals surface area contributed by atoms with Crippen molar-refractivity contribution < 1.29 is 14.7 Å². The monoisotopic (exact) mass is 520 g/mol. The average Bonchev–Trinajstić information content (AvgIpc) is 3.42. The molecule has 5 atom stereocenters. The fourth-order valence-electron chi connectivity index (χ4n) is 7.94. The van der Waals surface area contributed by atoms with Crippen LogP contribution in [0, 0.1) is 11.8 Å². The minimum absolute atomic E-state index is 0.0982. The first kappa shape index (κ1) is 25.5. The van der Waals surface area contributed by atoms with Crippen LogP contribution in [-0.4, -0.2) is 55.0 Å². The number of fused-ring (bicyclic) bond motifs is 5. The number of aromatic nitrogens is 2. The van der Waals surface area contributed by atoms with E-state index >= 15 is 0 Å². The minimum atomic E-state index is -1.50. The van der Waals surface area contributed by atoms with E-state index in [0.717, 1.165) is 35.7 Å². The van der Waals surface area contributed by atoms with Crippen molar-refractivity contribution in [3.8, 4) is 0 Å². The number of para-hydroxylation sites is 2. The molecule has 2 saturated heterocycles. The number of aliphatic carboxylic acids is 1. The van der Waals surface area contributed by atoms with Gasteiger partial charge in [-0.1, -0.05) is 43.0 Å². The van der Waals surface area contributed by atoms with Crippen molar-refractivity contribution in [1.82, 2.24) is 14.5 Å². The molecule has 1 aromatic heterocycles. The molecule has 4 aliphatic rings. The molecule has 0 spiro atoms. The van der Waals surface area contributed by atoms with Crippen molar-refractivity contribution in [3.05, 3.63) is 40.3 Å². The summed E-state index contributed by atoms with van der Waals surface area (Å²) in [6.07, 6.45) is 12.9. The first-order valence-corrected chi connectivity index (χ1v) is 14.5. The van der Waals surface area contributed by atoms with Crippen LogP contribution in [0.5, 0.6) is 0 Å². The Morgan fingerprint density at radius 1 is 1.00 bits per heavy atom. The minimum Gasteiger partial charge on any atom is -0.478 e. The van der Waals surface area contributed by atoms with Gasteiger partial charge in [0.1, 0.15) is 5.71 Å². The summed E-state index contributed by atoms with van der Waals surface area (Å²) in [5, 5.41) is 13.4. The highest BCUT2D eigenvalue weighted by Crippen LogP contribution is 2.50. The maximum Gasteiger partial charge on any atom is 0.350 e. The topological polar surface area (TPSA) is 97.0 Å². The van der Waals surface area contributed by atoms with Crippen molar-refractivity contribution in [1.29, 1.82) is 0 Å². The molecule has 2 aromatic rings. The molecular weight excluding hydrogens is 480 g/mol. The standard InChI is InChI=1S/C30H40N4O4/c1-18(32-38-30(2,3)29(36)37)27-28(35)34(24-11-7-6-10-23(24)31-27)26-17-21-12-13-25(26)33(21)22-15-19-8-4-5-9-20(14-19)16-22/h6-7,10-11,19-22,25-26H,4-5,8-9,12-17H2,1-3H3,(H,36,37)/b32-18+/t19?,20?,21-,22?,25+,26+/m0/s1. The Balaban J connectivity index is 1.36. The molecular formula is C30H40N4O4. The second kappa shape index (κ2) is 9.78. The summed E-state index contributed by atoms with van der Waals surface area (Å²) in [4.78, 5) is 38.4. The lowest BCUT2D eigenvalue weighted by atomic mass is 9.77. The van der Waals surface area contributed by atoms with Gasteiger partial charge in [0.25, 0.3) is 5.56 Å². The van der Waals surface area contributed by atoms with Gasteiger partial charge in [0, 0.05) is 18.1 Å². The predicted octanol–water partition coefficient (Wildman–Crippen LogP) is 5.14. The Morgan fingerprint density at radius 2 is 1.71 bits per heavy atom. The number of hydrogen-bond acceptors (Lipinski definition) is 6. The van der Waals surface area contributed by atoms with Crippen LogP contribution >= 0.6 is 0 Å². The van der Waals surface area contributed by atoms with Crippen molar-refractivity contribution in [2.24, 2.45) is 17.0 Å². The lowest BCUT2D eigenvalue weighted by molar-refractivity contribution is -0.161. The largest absolute Gasteiger partial charge is 0.478 e. The number of carbonyl (C=O) groups is 1. The third kappa shape index (κ3) is 4.44. The number of carboxylic acid groups (broad SMARTS) is 1. The Labute approximate surface area is 224 Å². The maximum absolute atomic E-state index is 14.1. The van der Waals surface area contributed by atoms with Gasteiger partial charge < -0.3 is 14.5 Å². The van der Waals surface area contributed by atoms with E-state index in [1.54, 1.807) is 6.92 Å². The van der Waals surface area contributed by atoms with Gasteiger partial charge in [0.2, 0.25) is 5.60 Å². The van der Waals surface area contributed by atoms with Gasteiger partial charge in [0.05, 0.1) is 17.1 Å². The summed E-state index contributed by atoms with van der Waals surface area (Å²) in [5.41, 5.74) is 0.446. The molecule has 1 N–H and O–H groups in total. The van der Waals surface area contributed by atoms with Crippen LogP contribution in [0.1, 0.15) is 96.7 Å². The third-order valence-electron chi connectivity index (χ3n) is 9.73. The van der Waals surface area contributed by atoms with E-state index in [2.05, 4.69) is 15.0 Å². The number of rotatable bonds is 6. The normalized spacial score (nSPS) is 31.9. The highest BCUT2D eigenvalue weighted by molar-refractivity contribution is 5.97. The summed E-state index contributed by atoms with van der Waals surface area (Å²) in [6.45, 7) is 4.53. The van der Waals surface area contributed by atoms with Crippen LogP contribution in [0.2, 0.25) is 0 Å². The van der Waals surface area contributed by atoms with E-state index in [1.807, 2.05) is 28.8 Å². The van der Waals surface area contributed by atoms with Crippen LogP contribution in [0.25, 0.3) is 11.0 Å². The van der Waals surface area contributed by atoms with Gasteiger partial charge in [-0.25, -0.2) is 9.78 Å². The number of benzene rings is 1. The van der Waals surface area contributed by atoms with E-state index in [0.29, 0.717) is 23.8 Å². The third-order valence-corrected chi connectivity index (χ3v) is 9.73. The summed E-state index contributed by atoms with van der Waals surface area (Å²) in [6, 6.07) is 9.46. The van der Waals surface area contributed by atoms with Crippen molar-refractivity contribution in [2.45, 2.75) is 115 Å². The molecule has 204 valence electrons. The number of oxime groups is 1. The fourth-order valence-corrected chi connectivity index (χ4v) is 7.94. The molecule has 8 heteroatoms. The molecule has 2 aliphatic heterocycles. The van der Waals surface area contributed by atoms with Crippen LogP contribution in [0.15, 0.2) is 34.2 Å². The quantitative estimate of drug-likeness (QED) is 0.419. The van der Waals surface area contributed by atoms with E-state index < -0.39 is 11.6 Å². The molecule has 0 amide bonds.